The molecule has 1 heterocycles. The first-order chi connectivity index (χ1) is 8.66. The van der Waals surface area contributed by atoms with Gasteiger partial charge in [-0.2, -0.15) is 0 Å². The molecule has 0 bridgehead atoms. The first-order valence-electron chi connectivity index (χ1n) is 6.64. The van der Waals surface area contributed by atoms with Crippen molar-refractivity contribution in [2.24, 2.45) is 0 Å². The standard InChI is InChI=1S/C14H21BrO2S/c1-17-14(8-4-2-3-5-9-14)12(16)10-11-6-7-13(15)18-11/h6-7,12,16H,2-5,8-10H2,1H3. The molecule has 0 spiro atoms. The zero-order valence-electron chi connectivity index (χ0n) is 10.8. The third-order valence-corrected chi connectivity index (χ3v) is 5.63. The predicted molar refractivity (Wildman–Crippen MR) is 79.2 cm³/mol. The molecule has 4 heteroatoms. The highest BCUT2D eigenvalue weighted by Crippen LogP contribution is 2.35. The second-order valence-electron chi connectivity index (χ2n) is 5.11. The van der Waals surface area contributed by atoms with Gasteiger partial charge in [-0.3, -0.25) is 0 Å². The first kappa shape index (κ1) is 14.5. The lowest BCUT2D eigenvalue weighted by molar-refractivity contribution is -0.110. The SMILES string of the molecule is COC1(C(O)Cc2ccc(Br)s2)CCCCCC1. The molecule has 1 aromatic heterocycles. The molecule has 1 unspecified atom stereocenters. The number of hydrogen-bond acceptors (Lipinski definition) is 3. The molecule has 102 valence electrons. The highest BCUT2D eigenvalue weighted by molar-refractivity contribution is 9.11. The van der Waals surface area contributed by atoms with E-state index in [0.717, 1.165) is 16.6 Å². The molecular weight excluding hydrogens is 312 g/mol. The summed E-state index contributed by atoms with van der Waals surface area (Å²) in [6.07, 6.45) is 7.13. The third kappa shape index (κ3) is 3.35. The zero-order valence-corrected chi connectivity index (χ0v) is 13.2. The van der Waals surface area contributed by atoms with Gasteiger partial charge in [-0.05, 0) is 40.9 Å². The number of rotatable bonds is 4. The number of aliphatic hydroxyl groups excluding tert-OH is 1. The lowest BCUT2D eigenvalue weighted by Gasteiger charge is -2.36. The predicted octanol–water partition coefficient (Wildman–Crippen LogP) is 4.15. The van der Waals surface area contributed by atoms with E-state index in [2.05, 4.69) is 22.0 Å². The Balaban J connectivity index is 2.06. The topological polar surface area (TPSA) is 29.5 Å². The highest BCUT2D eigenvalue weighted by Gasteiger charge is 2.38. The van der Waals surface area contributed by atoms with E-state index in [1.807, 2.05) is 6.07 Å². The Bertz CT molecular complexity index is 370. The summed E-state index contributed by atoms with van der Waals surface area (Å²) < 4.78 is 6.86. The van der Waals surface area contributed by atoms with Crippen LogP contribution in [-0.2, 0) is 11.2 Å². The minimum atomic E-state index is -0.397. The van der Waals surface area contributed by atoms with E-state index < -0.39 is 6.10 Å². The van der Waals surface area contributed by atoms with Crippen molar-refractivity contribution in [3.05, 3.63) is 20.8 Å². The van der Waals surface area contributed by atoms with Crippen LogP contribution in [0.25, 0.3) is 0 Å². The largest absolute Gasteiger partial charge is 0.390 e. The quantitative estimate of drug-likeness (QED) is 0.839. The first-order valence-corrected chi connectivity index (χ1v) is 8.25. The summed E-state index contributed by atoms with van der Waals surface area (Å²) in [5, 5.41) is 10.6. The van der Waals surface area contributed by atoms with Crippen molar-refractivity contribution in [1.82, 2.24) is 0 Å². The van der Waals surface area contributed by atoms with Crippen molar-refractivity contribution in [2.45, 2.75) is 56.7 Å². The lowest BCUT2D eigenvalue weighted by atomic mass is 9.86. The Morgan fingerprint density at radius 3 is 2.50 bits per heavy atom. The van der Waals surface area contributed by atoms with E-state index in [1.165, 1.54) is 30.6 Å². The highest BCUT2D eigenvalue weighted by atomic mass is 79.9. The van der Waals surface area contributed by atoms with Gasteiger partial charge in [0, 0.05) is 18.4 Å². The Labute approximate surface area is 121 Å². The van der Waals surface area contributed by atoms with Crippen LogP contribution in [0.4, 0.5) is 0 Å². The van der Waals surface area contributed by atoms with Gasteiger partial charge in [-0.25, -0.2) is 0 Å². The van der Waals surface area contributed by atoms with Gasteiger partial charge in [0.15, 0.2) is 0 Å². The Morgan fingerprint density at radius 1 is 1.33 bits per heavy atom. The van der Waals surface area contributed by atoms with Crippen LogP contribution >= 0.6 is 27.3 Å². The monoisotopic (exact) mass is 332 g/mol. The van der Waals surface area contributed by atoms with Crippen molar-refractivity contribution in [1.29, 1.82) is 0 Å². The van der Waals surface area contributed by atoms with E-state index in [-0.39, 0.29) is 5.60 Å². The van der Waals surface area contributed by atoms with Crippen LogP contribution in [0.5, 0.6) is 0 Å². The zero-order chi connectivity index (χ0) is 13.0. The summed E-state index contributed by atoms with van der Waals surface area (Å²) in [5.41, 5.74) is -0.326. The third-order valence-electron chi connectivity index (χ3n) is 3.99. The van der Waals surface area contributed by atoms with Crippen molar-refractivity contribution in [2.75, 3.05) is 7.11 Å². The van der Waals surface area contributed by atoms with Crippen molar-refractivity contribution < 1.29 is 9.84 Å². The van der Waals surface area contributed by atoms with Crippen molar-refractivity contribution in [3.8, 4) is 0 Å². The molecule has 2 rings (SSSR count). The molecule has 1 aromatic rings. The van der Waals surface area contributed by atoms with Crippen LogP contribution in [0, 0.1) is 0 Å². The summed E-state index contributed by atoms with van der Waals surface area (Å²) in [6, 6.07) is 4.12. The summed E-state index contributed by atoms with van der Waals surface area (Å²) in [4.78, 5) is 1.22. The van der Waals surface area contributed by atoms with Crippen LogP contribution in [-0.4, -0.2) is 23.9 Å². The van der Waals surface area contributed by atoms with Gasteiger partial charge in [0.25, 0.3) is 0 Å². The Hall–Kier alpha value is 0.1000. The summed E-state index contributed by atoms with van der Waals surface area (Å²) >= 11 is 5.16. The van der Waals surface area contributed by atoms with E-state index in [9.17, 15) is 5.11 Å². The van der Waals surface area contributed by atoms with Crippen LogP contribution in [0.1, 0.15) is 43.4 Å². The number of halogens is 1. The molecule has 0 amide bonds. The molecule has 1 saturated carbocycles. The van der Waals surface area contributed by atoms with Crippen LogP contribution in [0.3, 0.4) is 0 Å². The van der Waals surface area contributed by atoms with Crippen molar-refractivity contribution >= 4 is 27.3 Å². The van der Waals surface area contributed by atoms with Gasteiger partial charge in [0.05, 0.1) is 15.5 Å². The van der Waals surface area contributed by atoms with Crippen LogP contribution in [0.15, 0.2) is 15.9 Å². The van der Waals surface area contributed by atoms with Crippen molar-refractivity contribution in [3.63, 3.8) is 0 Å². The number of ether oxygens (including phenoxy) is 1. The number of hydrogen-bond donors (Lipinski definition) is 1. The normalized spacial score (nSPS) is 21.5. The van der Waals surface area contributed by atoms with Gasteiger partial charge in [0.2, 0.25) is 0 Å². The molecule has 2 nitrogen and oxygen atoms in total. The fourth-order valence-electron chi connectivity index (χ4n) is 2.84. The Morgan fingerprint density at radius 2 is 2.00 bits per heavy atom. The molecule has 1 aliphatic rings. The second-order valence-corrected chi connectivity index (χ2v) is 7.66. The molecule has 1 fully saturated rings. The summed E-state index contributed by atoms with van der Waals surface area (Å²) in [6.45, 7) is 0. The fourth-order valence-corrected chi connectivity index (χ4v) is 4.36. The van der Waals surface area contributed by atoms with Gasteiger partial charge < -0.3 is 9.84 Å². The lowest BCUT2D eigenvalue weighted by Crippen LogP contribution is -2.45. The van der Waals surface area contributed by atoms with Gasteiger partial charge in [0.1, 0.15) is 0 Å². The Kier molecular flexibility index (Phi) is 5.24. The minimum absolute atomic E-state index is 0.326. The average Bonchev–Trinajstić information content (AvgIpc) is 2.65. The van der Waals surface area contributed by atoms with E-state index in [1.54, 1.807) is 18.4 Å². The average molecular weight is 333 g/mol. The minimum Gasteiger partial charge on any atom is -0.390 e. The van der Waals surface area contributed by atoms with Crippen LogP contribution < -0.4 is 0 Å². The molecule has 1 atom stereocenters. The second kappa shape index (κ2) is 6.51. The molecular formula is C14H21BrO2S. The summed E-state index contributed by atoms with van der Waals surface area (Å²) in [7, 11) is 1.75. The smallest absolute Gasteiger partial charge is 0.0939 e. The summed E-state index contributed by atoms with van der Waals surface area (Å²) in [5.74, 6) is 0. The molecule has 1 aliphatic carbocycles. The van der Waals surface area contributed by atoms with Gasteiger partial charge in [-0.15, -0.1) is 11.3 Å². The molecule has 0 aromatic carbocycles. The molecule has 0 aliphatic heterocycles. The van der Waals surface area contributed by atoms with E-state index in [4.69, 9.17) is 4.74 Å². The van der Waals surface area contributed by atoms with Crippen LogP contribution in [0.2, 0.25) is 0 Å². The van der Waals surface area contributed by atoms with Gasteiger partial charge >= 0.3 is 0 Å². The maximum absolute atomic E-state index is 10.6. The molecule has 0 saturated heterocycles. The number of aliphatic hydroxyl groups is 1. The molecule has 0 radical (unpaired) electrons. The molecule has 1 N–H and O–H groups in total. The van der Waals surface area contributed by atoms with Gasteiger partial charge in [-0.1, -0.05) is 25.7 Å². The number of thiophene rings is 1. The van der Waals surface area contributed by atoms with E-state index in [0.29, 0.717) is 6.42 Å². The maximum atomic E-state index is 10.6. The fraction of sp³-hybridized carbons (Fsp3) is 0.714. The number of methoxy groups -OCH3 is 1. The van der Waals surface area contributed by atoms with E-state index >= 15 is 0 Å². The maximum Gasteiger partial charge on any atom is 0.0939 e. The molecule has 18 heavy (non-hydrogen) atoms.